The van der Waals surface area contributed by atoms with Gasteiger partial charge in [-0.15, -0.1) is 0 Å². The Morgan fingerprint density at radius 2 is 1.79 bits per heavy atom. The molecule has 3 unspecified atom stereocenters. The quantitative estimate of drug-likeness (QED) is 0.451. The van der Waals surface area contributed by atoms with Gasteiger partial charge in [0.25, 0.3) is 0 Å². The van der Waals surface area contributed by atoms with E-state index in [1.54, 1.807) is 0 Å². The fourth-order valence-electron chi connectivity index (χ4n) is 5.68. The van der Waals surface area contributed by atoms with Gasteiger partial charge in [-0.2, -0.15) is 0 Å². The summed E-state index contributed by atoms with van der Waals surface area (Å²) in [6.07, 6.45) is 3.90. The molecule has 3 aromatic rings. The van der Waals surface area contributed by atoms with E-state index in [-0.39, 0.29) is 17.6 Å². The van der Waals surface area contributed by atoms with Crippen molar-refractivity contribution in [3.05, 3.63) is 111 Å². The largest absolute Gasteiger partial charge is 0.392 e. The number of carbonyl (C=O) groups is 1. The monoisotopic (exact) mass is 452 g/mol. The smallest absolute Gasteiger partial charge is 0.189 e. The molecule has 1 N–H and O–H groups in total. The Labute approximate surface area is 202 Å². The summed E-state index contributed by atoms with van der Waals surface area (Å²) in [6, 6.07) is 22.6. The van der Waals surface area contributed by atoms with Crippen molar-refractivity contribution in [2.45, 2.75) is 51.0 Å². The maximum Gasteiger partial charge on any atom is 0.189 e. The molecule has 0 heterocycles. The Balaban J connectivity index is 1.43. The highest BCUT2D eigenvalue weighted by Crippen LogP contribution is 2.44. The number of ether oxygens (including phenoxy) is 1. The average molecular weight is 453 g/mol. The second-order valence-electron chi connectivity index (χ2n) is 9.53. The predicted molar refractivity (Wildman–Crippen MR) is 136 cm³/mol. The van der Waals surface area contributed by atoms with Crippen LogP contribution in [0.25, 0.3) is 6.08 Å². The van der Waals surface area contributed by atoms with E-state index in [1.807, 2.05) is 43.3 Å². The lowest BCUT2D eigenvalue weighted by molar-refractivity contribution is 0.0828. The Bertz CT molecular complexity index is 1220. The molecule has 3 atom stereocenters. The zero-order valence-corrected chi connectivity index (χ0v) is 20.0. The molecule has 0 aliphatic heterocycles. The Morgan fingerprint density at radius 1 is 1.00 bits per heavy atom. The molecule has 5 rings (SSSR count). The van der Waals surface area contributed by atoms with Crippen molar-refractivity contribution in [2.75, 3.05) is 13.2 Å². The minimum atomic E-state index is -0.488. The van der Waals surface area contributed by atoms with Gasteiger partial charge in [0.05, 0.1) is 12.7 Å². The van der Waals surface area contributed by atoms with Crippen LogP contribution in [0.4, 0.5) is 0 Å². The summed E-state index contributed by atoms with van der Waals surface area (Å²) in [4.78, 5) is 13.2. The van der Waals surface area contributed by atoms with Gasteiger partial charge < -0.3 is 9.84 Å². The van der Waals surface area contributed by atoms with E-state index in [0.717, 1.165) is 29.5 Å². The molecule has 0 amide bonds. The van der Waals surface area contributed by atoms with E-state index in [2.05, 4.69) is 43.3 Å². The first-order valence-corrected chi connectivity index (χ1v) is 12.3. The van der Waals surface area contributed by atoms with Gasteiger partial charge in [-0.1, -0.05) is 66.7 Å². The molecular formula is C31H32O3. The normalized spacial score (nSPS) is 21.4. The average Bonchev–Trinajstić information content (AvgIpc) is 2.87. The molecule has 174 valence electrons. The van der Waals surface area contributed by atoms with E-state index >= 15 is 0 Å². The summed E-state index contributed by atoms with van der Waals surface area (Å²) in [6.45, 7) is 5.42. The molecule has 0 saturated carbocycles. The number of rotatable bonds is 6. The molecule has 3 heteroatoms. The molecule has 2 aliphatic carbocycles. The lowest BCUT2D eigenvalue weighted by Gasteiger charge is -2.37. The first-order valence-electron chi connectivity index (χ1n) is 12.3. The van der Waals surface area contributed by atoms with E-state index in [1.165, 1.54) is 22.3 Å². The molecule has 0 spiro atoms. The van der Waals surface area contributed by atoms with Gasteiger partial charge in [0, 0.05) is 29.6 Å². The topological polar surface area (TPSA) is 46.5 Å². The number of aryl methyl sites for hydroxylation is 2. The Kier molecular flexibility index (Phi) is 6.49. The molecule has 3 nitrogen and oxygen atoms in total. The highest BCUT2D eigenvalue weighted by atomic mass is 16.5. The maximum absolute atomic E-state index is 13.2. The van der Waals surface area contributed by atoms with E-state index in [9.17, 15) is 9.90 Å². The number of hydrogen-bond donors (Lipinski definition) is 1. The number of allylic oxidation sites excluding steroid dienone is 1. The predicted octanol–water partition coefficient (Wildman–Crippen LogP) is 6.22. The molecule has 0 saturated heterocycles. The summed E-state index contributed by atoms with van der Waals surface area (Å²) in [5.74, 6) is 0.195. The summed E-state index contributed by atoms with van der Waals surface area (Å²) in [5.41, 5.74) is 8.74. The number of benzene rings is 3. The van der Waals surface area contributed by atoms with Crippen molar-refractivity contribution in [2.24, 2.45) is 0 Å². The number of aliphatic hydroxyl groups is 1. The third-order valence-corrected chi connectivity index (χ3v) is 7.41. The second-order valence-corrected chi connectivity index (χ2v) is 9.53. The van der Waals surface area contributed by atoms with Gasteiger partial charge in [-0.05, 0) is 72.6 Å². The highest BCUT2D eigenvalue weighted by molar-refractivity contribution is 6.11. The Hall–Kier alpha value is -3.01. The van der Waals surface area contributed by atoms with Gasteiger partial charge >= 0.3 is 0 Å². The van der Waals surface area contributed by atoms with Crippen LogP contribution < -0.4 is 0 Å². The fourth-order valence-corrected chi connectivity index (χ4v) is 5.68. The lowest BCUT2D eigenvalue weighted by atomic mass is 9.71. The zero-order chi connectivity index (χ0) is 23.7. The van der Waals surface area contributed by atoms with Crippen molar-refractivity contribution in [1.82, 2.24) is 0 Å². The van der Waals surface area contributed by atoms with Crippen molar-refractivity contribution in [1.29, 1.82) is 0 Å². The number of aliphatic hydroxyl groups excluding tert-OH is 1. The summed E-state index contributed by atoms with van der Waals surface area (Å²) >= 11 is 0. The van der Waals surface area contributed by atoms with Crippen LogP contribution in [-0.4, -0.2) is 30.2 Å². The third kappa shape index (κ3) is 4.26. The molecule has 2 aliphatic rings. The van der Waals surface area contributed by atoms with Crippen LogP contribution in [0.5, 0.6) is 0 Å². The van der Waals surface area contributed by atoms with Crippen molar-refractivity contribution < 1.29 is 14.6 Å². The van der Waals surface area contributed by atoms with E-state index in [4.69, 9.17) is 4.74 Å². The first-order chi connectivity index (χ1) is 16.6. The molecular weight excluding hydrogens is 420 g/mol. The molecule has 0 fully saturated rings. The van der Waals surface area contributed by atoms with Gasteiger partial charge in [-0.3, -0.25) is 4.79 Å². The minimum absolute atomic E-state index is 0.0959. The van der Waals surface area contributed by atoms with Gasteiger partial charge in [-0.25, -0.2) is 0 Å². The SMILES string of the molecule is CCOCC1CC(O)C(c2ccc(C(=O)C3=Cc4ccccc4CC3)cc2)c2c(C)cccc21. The molecule has 3 aromatic carbocycles. The van der Waals surface area contributed by atoms with Crippen molar-refractivity contribution in [3.8, 4) is 0 Å². The molecule has 0 aromatic heterocycles. The van der Waals surface area contributed by atoms with Crippen LogP contribution in [0.2, 0.25) is 0 Å². The summed E-state index contributed by atoms with van der Waals surface area (Å²) < 4.78 is 5.73. The second kappa shape index (κ2) is 9.69. The Morgan fingerprint density at radius 3 is 2.59 bits per heavy atom. The highest BCUT2D eigenvalue weighted by Gasteiger charge is 2.36. The summed E-state index contributed by atoms with van der Waals surface area (Å²) in [5, 5.41) is 11.2. The number of carbonyl (C=O) groups excluding carboxylic acids is 1. The van der Waals surface area contributed by atoms with Gasteiger partial charge in [0.1, 0.15) is 0 Å². The number of fused-ring (bicyclic) bond motifs is 2. The number of hydrogen-bond acceptors (Lipinski definition) is 3. The van der Waals surface area contributed by atoms with Gasteiger partial charge in [0.15, 0.2) is 5.78 Å². The van der Waals surface area contributed by atoms with Crippen molar-refractivity contribution >= 4 is 11.9 Å². The van der Waals surface area contributed by atoms with Crippen LogP contribution in [0.15, 0.2) is 72.3 Å². The molecule has 0 radical (unpaired) electrons. The maximum atomic E-state index is 13.2. The number of ketones is 1. The zero-order valence-electron chi connectivity index (χ0n) is 20.0. The van der Waals surface area contributed by atoms with Crippen LogP contribution in [0, 0.1) is 6.92 Å². The third-order valence-electron chi connectivity index (χ3n) is 7.41. The van der Waals surface area contributed by atoms with Crippen LogP contribution in [-0.2, 0) is 11.2 Å². The lowest BCUT2D eigenvalue weighted by Crippen LogP contribution is -2.31. The van der Waals surface area contributed by atoms with E-state index in [0.29, 0.717) is 25.2 Å². The van der Waals surface area contributed by atoms with Crippen molar-refractivity contribution in [3.63, 3.8) is 0 Å². The van der Waals surface area contributed by atoms with Crippen LogP contribution >= 0.6 is 0 Å². The van der Waals surface area contributed by atoms with Crippen LogP contribution in [0.3, 0.4) is 0 Å². The fraction of sp³-hybridized carbons (Fsp3) is 0.323. The first kappa shape index (κ1) is 22.8. The summed E-state index contributed by atoms with van der Waals surface area (Å²) in [7, 11) is 0. The standard InChI is InChI=1S/C31H32O3/c1-3-34-19-26-18-28(32)30(29-20(2)7-6-10-27(26)29)22-12-14-23(15-13-22)31(33)25-16-11-21-8-4-5-9-24(21)17-25/h4-10,12-15,17,26,28,30,32H,3,11,16,18-19H2,1-2H3. The van der Waals surface area contributed by atoms with Gasteiger partial charge in [0.2, 0.25) is 0 Å². The minimum Gasteiger partial charge on any atom is -0.392 e. The number of Topliss-reactive ketones (excluding diaryl/α,β-unsaturated/α-hetero) is 1. The van der Waals surface area contributed by atoms with Crippen LogP contribution in [0.1, 0.15) is 75.3 Å². The van der Waals surface area contributed by atoms with E-state index < -0.39 is 6.10 Å². The molecule has 0 bridgehead atoms. The molecule has 34 heavy (non-hydrogen) atoms.